The fourth-order valence-electron chi connectivity index (χ4n) is 6.86. The summed E-state index contributed by atoms with van der Waals surface area (Å²) >= 11 is 0. The van der Waals surface area contributed by atoms with Crippen LogP contribution in [0.1, 0.15) is 87.0 Å². The van der Waals surface area contributed by atoms with Crippen LogP contribution < -0.4 is 0 Å². The van der Waals surface area contributed by atoms with Gasteiger partial charge in [0.25, 0.3) is 0 Å². The zero-order chi connectivity index (χ0) is 23.9. The summed E-state index contributed by atoms with van der Waals surface area (Å²) in [6, 6.07) is 6.66. The molecule has 3 aliphatic rings. The van der Waals surface area contributed by atoms with Crippen molar-refractivity contribution in [1.82, 2.24) is 25.4 Å². The number of pyridine rings is 1. The van der Waals surface area contributed by atoms with E-state index in [1.165, 1.54) is 70.1 Å². The van der Waals surface area contributed by atoms with Crippen molar-refractivity contribution in [2.75, 3.05) is 0 Å². The fraction of sp³-hybridized carbons (Fsp3) is 0.433. The summed E-state index contributed by atoms with van der Waals surface area (Å²) in [7, 11) is 0. The molecule has 0 saturated heterocycles. The van der Waals surface area contributed by atoms with Crippen LogP contribution in [0, 0.1) is 0 Å². The Balaban J connectivity index is 1.54. The van der Waals surface area contributed by atoms with Gasteiger partial charge in [0.1, 0.15) is 11.4 Å². The lowest BCUT2D eigenvalue weighted by Crippen LogP contribution is -2.23. The molecular formula is C30H33N5. The summed E-state index contributed by atoms with van der Waals surface area (Å²) in [5, 5.41) is 19.2. The molecule has 0 fully saturated rings. The molecular weight excluding hydrogens is 430 g/mol. The van der Waals surface area contributed by atoms with Gasteiger partial charge in [-0.1, -0.05) is 58.0 Å². The minimum atomic E-state index is 0.115. The van der Waals surface area contributed by atoms with Gasteiger partial charge in [0.2, 0.25) is 0 Å². The summed E-state index contributed by atoms with van der Waals surface area (Å²) in [6.07, 6.45) is 12.3. The molecule has 0 bridgehead atoms. The minimum absolute atomic E-state index is 0.115. The highest BCUT2D eigenvalue weighted by Gasteiger charge is 2.35. The number of aromatic amines is 2. The highest BCUT2D eigenvalue weighted by atomic mass is 15.2. The average Bonchev–Trinajstić information content (AvgIpc) is 3.46. The molecule has 3 heterocycles. The predicted octanol–water partition coefficient (Wildman–Crippen LogP) is 6.81. The van der Waals surface area contributed by atoms with Gasteiger partial charge in [-0.25, -0.2) is 4.98 Å². The van der Waals surface area contributed by atoms with Gasteiger partial charge in [-0.3, -0.25) is 10.2 Å². The first kappa shape index (κ1) is 21.1. The molecule has 5 nitrogen and oxygen atoms in total. The highest BCUT2D eigenvalue weighted by molar-refractivity contribution is 6.05. The van der Waals surface area contributed by atoms with Gasteiger partial charge >= 0.3 is 0 Å². The van der Waals surface area contributed by atoms with Crippen molar-refractivity contribution in [3.05, 3.63) is 57.9 Å². The van der Waals surface area contributed by atoms with Gasteiger partial charge in [-0.2, -0.15) is 10.2 Å². The number of fused-ring (bicyclic) bond motifs is 2. The molecule has 2 N–H and O–H groups in total. The first-order valence-corrected chi connectivity index (χ1v) is 13.1. The molecule has 0 atom stereocenters. The van der Waals surface area contributed by atoms with E-state index < -0.39 is 0 Å². The largest absolute Gasteiger partial charge is 0.281 e. The van der Waals surface area contributed by atoms with Gasteiger partial charge < -0.3 is 0 Å². The Hall–Kier alpha value is -3.21. The average molecular weight is 464 g/mol. The first-order chi connectivity index (χ1) is 16.9. The minimum Gasteiger partial charge on any atom is -0.281 e. The zero-order valence-electron chi connectivity index (χ0n) is 21.2. The van der Waals surface area contributed by atoms with E-state index in [4.69, 9.17) is 15.2 Å². The summed E-state index contributed by atoms with van der Waals surface area (Å²) in [4.78, 5) is 5.43. The standard InChI is InChI=1S/C30H33N5/c1-29(2)15-7-13-20-25(32-34-27(20)29)23-18-11-5-9-17-10-6-12-19(22(17)18)24(31-23)26-21-14-8-16-30(3,4)28(21)35-33-26/h5-6,9,11-12H,7-8,10,13-16H2,1-4H3,(H,32,34)(H,33,35). The molecule has 3 aliphatic carbocycles. The van der Waals surface area contributed by atoms with Gasteiger partial charge in [0, 0.05) is 44.3 Å². The van der Waals surface area contributed by atoms with E-state index in [1.54, 1.807) is 0 Å². The van der Waals surface area contributed by atoms with Crippen LogP contribution in [0.2, 0.25) is 0 Å². The van der Waals surface area contributed by atoms with Crippen molar-refractivity contribution >= 4 is 16.8 Å². The van der Waals surface area contributed by atoms with Gasteiger partial charge in [-0.05, 0) is 55.9 Å². The van der Waals surface area contributed by atoms with Crippen molar-refractivity contribution < 1.29 is 0 Å². The lowest BCUT2D eigenvalue weighted by Gasteiger charge is -2.29. The molecule has 0 amide bonds. The van der Waals surface area contributed by atoms with E-state index in [2.05, 4.69) is 68.2 Å². The van der Waals surface area contributed by atoms with Crippen LogP contribution in [0.5, 0.6) is 0 Å². The molecule has 35 heavy (non-hydrogen) atoms. The number of nitrogens with zero attached hydrogens (tertiary/aromatic N) is 3. The Morgan fingerprint density at radius 2 is 1.40 bits per heavy atom. The first-order valence-electron chi connectivity index (χ1n) is 13.1. The van der Waals surface area contributed by atoms with Crippen molar-refractivity contribution in [2.45, 2.75) is 83.5 Å². The smallest absolute Gasteiger partial charge is 0.115 e. The quantitative estimate of drug-likeness (QED) is 0.343. The number of hydrogen-bond acceptors (Lipinski definition) is 3. The van der Waals surface area contributed by atoms with Crippen LogP contribution in [0.4, 0.5) is 0 Å². The maximum atomic E-state index is 5.43. The molecule has 0 aliphatic heterocycles. The molecule has 3 aromatic heterocycles. The molecule has 0 radical (unpaired) electrons. The summed E-state index contributed by atoms with van der Waals surface area (Å²) in [6.45, 7) is 9.30. The third-order valence-electron chi connectivity index (χ3n) is 8.77. The van der Waals surface area contributed by atoms with E-state index in [-0.39, 0.29) is 10.8 Å². The fourth-order valence-corrected chi connectivity index (χ4v) is 6.86. The molecule has 178 valence electrons. The maximum absolute atomic E-state index is 5.43. The summed E-state index contributed by atoms with van der Waals surface area (Å²) < 4.78 is 0. The predicted molar refractivity (Wildman–Crippen MR) is 142 cm³/mol. The van der Waals surface area contributed by atoms with Crippen LogP contribution >= 0.6 is 0 Å². The van der Waals surface area contributed by atoms with Crippen LogP contribution in [0.15, 0.2) is 24.3 Å². The molecule has 0 spiro atoms. The van der Waals surface area contributed by atoms with Crippen molar-refractivity contribution in [2.24, 2.45) is 0 Å². The van der Waals surface area contributed by atoms with Crippen molar-refractivity contribution in [1.29, 1.82) is 0 Å². The zero-order valence-corrected chi connectivity index (χ0v) is 21.2. The number of hydrogen-bond donors (Lipinski definition) is 2. The summed E-state index contributed by atoms with van der Waals surface area (Å²) in [5.41, 5.74) is 12.1. The van der Waals surface area contributed by atoms with E-state index in [9.17, 15) is 0 Å². The molecule has 4 aromatic rings. The van der Waals surface area contributed by atoms with Gasteiger partial charge in [0.05, 0.1) is 11.4 Å². The number of H-pyrrole nitrogens is 2. The number of allylic oxidation sites excluding steroid dienone is 1. The topological polar surface area (TPSA) is 70.2 Å². The van der Waals surface area contributed by atoms with Crippen molar-refractivity contribution in [3.63, 3.8) is 0 Å². The molecule has 1 aromatic carbocycles. The second-order valence-corrected chi connectivity index (χ2v) is 12.0. The Labute approximate surface area is 206 Å². The highest BCUT2D eigenvalue weighted by Crippen LogP contribution is 2.45. The van der Waals surface area contributed by atoms with Crippen LogP contribution in [0.3, 0.4) is 0 Å². The van der Waals surface area contributed by atoms with E-state index in [0.29, 0.717) is 0 Å². The van der Waals surface area contributed by atoms with Crippen LogP contribution in [0.25, 0.3) is 39.6 Å². The SMILES string of the molecule is CC1(C)CCCc2c(-c3nc(-c4n[nH]c5c4CCCC5(C)C)c4cccc5c4c3C=CC5)n[nH]c21. The van der Waals surface area contributed by atoms with Crippen LogP contribution in [-0.4, -0.2) is 25.4 Å². The van der Waals surface area contributed by atoms with E-state index in [1.807, 2.05) is 0 Å². The molecule has 5 heteroatoms. The third kappa shape index (κ3) is 2.96. The second kappa shape index (κ2) is 7.16. The van der Waals surface area contributed by atoms with Crippen molar-refractivity contribution in [3.8, 4) is 22.8 Å². The Kier molecular flexibility index (Phi) is 4.32. The monoisotopic (exact) mass is 463 g/mol. The normalized spacial score (nSPS) is 19.5. The lowest BCUT2D eigenvalue weighted by atomic mass is 9.75. The van der Waals surface area contributed by atoms with E-state index in [0.717, 1.165) is 42.0 Å². The molecule has 0 unspecified atom stereocenters. The summed E-state index contributed by atoms with van der Waals surface area (Å²) in [5.74, 6) is 0. The number of benzene rings is 1. The second-order valence-electron chi connectivity index (χ2n) is 12.0. The van der Waals surface area contributed by atoms with E-state index >= 15 is 0 Å². The Bertz CT molecular complexity index is 1530. The Morgan fingerprint density at radius 3 is 2.06 bits per heavy atom. The van der Waals surface area contributed by atoms with Gasteiger partial charge in [0.15, 0.2) is 0 Å². The number of rotatable bonds is 2. The number of aromatic nitrogens is 5. The van der Waals surface area contributed by atoms with Crippen LogP contribution in [-0.2, 0) is 30.1 Å². The van der Waals surface area contributed by atoms with Gasteiger partial charge in [-0.15, -0.1) is 0 Å². The third-order valence-corrected chi connectivity index (χ3v) is 8.77. The lowest BCUT2D eigenvalue weighted by molar-refractivity contribution is 0.420. The molecule has 7 rings (SSSR count). The Morgan fingerprint density at radius 1 is 0.771 bits per heavy atom. The number of nitrogens with one attached hydrogen (secondary N) is 2. The molecule has 0 saturated carbocycles. The maximum Gasteiger partial charge on any atom is 0.115 e.